The van der Waals surface area contributed by atoms with E-state index in [4.69, 9.17) is 5.73 Å². The van der Waals surface area contributed by atoms with Crippen molar-refractivity contribution in [3.8, 4) is 0 Å². The third-order valence-corrected chi connectivity index (χ3v) is 3.21. The molecule has 0 radical (unpaired) electrons. The molecule has 2 amide bonds. The average Bonchev–Trinajstić information content (AvgIpc) is 2.18. The molecule has 1 aliphatic rings. The van der Waals surface area contributed by atoms with E-state index in [-0.39, 0.29) is 23.8 Å². The minimum Gasteiger partial charge on any atom is -0.369 e. The lowest BCUT2D eigenvalue weighted by molar-refractivity contribution is -0.123. The summed E-state index contributed by atoms with van der Waals surface area (Å²) < 4.78 is 0. The van der Waals surface area contributed by atoms with Gasteiger partial charge in [0.05, 0.1) is 0 Å². The molecule has 0 spiro atoms. The van der Waals surface area contributed by atoms with Crippen LogP contribution in [0.5, 0.6) is 0 Å². The number of primary amides is 1. The number of rotatable bonds is 4. The van der Waals surface area contributed by atoms with Crippen LogP contribution < -0.4 is 11.1 Å². The quantitative estimate of drug-likeness (QED) is 0.750. The fourth-order valence-corrected chi connectivity index (χ4v) is 2.27. The van der Waals surface area contributed by atoms with Crippen LogP contribution in [-0.2, 0) is 9.59 Å². The Morgan fingerprint density at radius 1 is 1.27 bits per heavy atom. The molecule has 0 aromatic carbocycles. The van der Waals surface area contributed by atoms with Crippen LogP contribution in [0, 0.1) is 5.92 Å². The van der Waals surface area contributed by atoms with E-state index in [0.717, 1.165) is 25.7 Å². The zero-order valence-electron chi connectivity index (χ0n) is 8.67. The molecule has 86 valence electrons. The van der Waals surface area contributed by atoms with Crippen molar-refractivity contribution in [1.82, 2.24) is 5.32 Å². The van der Waals surface area contributed by atoms with Gasteiger partial charge in [-0.15, -0.1) is 0 Å². The van der Waals surface area contributed by atoms with Gasteiger partial charge in [0.1, 0.15) is 0 Å². The standard InChI is InChI=1S/C10H17BrN2O2/c11-6-5-9(14)13-8-3-1-7(2-4-8)10(12)15/h7-8H,1-6H2,(H2,12,15)(H,13,14). The van der Waals surface area contributed by atoms with Gasteiger partial charge in [-0.05, 0) is 25.7 Å². The van der Waals surface area contributed by atoms with E-state index < -0.39 is 0 Å². The highest BCUT2D eigenvalue weighted by Gasteiger charge is 2.25. The van der Waals surface area contributed by atoms with Crippen LogP contribution in [0.1, 0.15) is 32.1 Å². The van der Waals surface area contributed by atoms with Crippen molar-refractivity contribution in [3.63, 3.8) is 0 Å². The lowest BCUT2D eigenvalue weighted by atomic mass is 9.85. The van der Waals surface area contributed by atoms with Crippen molar-refractivity contribution in [2.75, 3.05) is 5.33 Å². The molecular weight excluding hydrogens is 260 g/mol. The van der Waals surface area contributed by atoms with Crippen molar-refractivity contribution in [1.29, 1.82) is 0 Å². The number of amides is 2. The van der Waals surface area contributed by atoms with Crippen LogP contribution >= 0.6 is 15.9 Å². The molecular formula is C10H17BrN2O2. The summed E-state index contributed by atoms with van der Waals surface area (Å²) >= 11 is 3.22. The molecule has 1 rings (SSSR count). The Labute approximate surface area is 98.1 Å². The second-order valence-corrected chi connectivity index (χ2v) is 4.75. The minimum absolute atomic E-state index is 0.00864. The second-order valence-electron chi connectivity index (χ2n) is 3.96. The van der Waals surface area contributed by atoms with Crippen LogP contribution in [0.2, 0.25) is 0 Å². The van der Waals surface area contributed by atoms with Gasteiger partial charge < -0.3 is 11.1 Å². The number of nitrogens with two attached hydrogens (primary N) is 1. The van der Waals surface area contributed by atoms with Gasteiger partial charge in [-0.3, -0.25) is 9.59 Å². The number of alkyl halides is 1. The van der Waals surface area contributed by atoms with E-state index in [2.05, 4.69) is 21.2 Å². The van der Waals surface area contributed by atoms with E-state index in [0.29, 0.717) is 11.8 Å². The summed E-state index contributed by atoms with van der Waals surface area (Å²) in [6.07, 6.45) is 3.84. The predicted octanol–water partition coefficient (Wildman–Crippen LogP) is 0.932. The molecule has 0 aromatic rings. The highest BCUT2D eigenvalue weighted by molar-refractivity contribution is 9.09. The molecule has 3 N–H and O–H groups in total. The summed E-state index contributed by atoms with van der Waals surface area (Å²) in [6, 6.07) is 0.229. The van der Waals surface area contributed by atoms with E-state index in [1.165, 1.54) is 0 Å². The van der Waals surface area contributed by atoms with E-state index in [9.17, 15) is 9.59 Å². The molecule has 1 saturated carbocycles. The van der Waals surface area contributed by atoms with Crippen molar-refractivity contribution in [2.45, 2.75) is 38.1 Å². The van der Waals surface area contributed by atoms with Crippen LogP contribution in [0.3, 0.4) is 0 Å². The molecule has 15 heavy (non-hydrogen) atoms. The molecule has 0 aliphatic heterocycles. The number of carbonyl (C=O) groups excluding carboxylic acids is 2. The van der Waals surface area contributed by atoms with Gasteiger partial charge in [-0.1, -0.05) is 15.9 Å². The molecule has 4 nitrogen and oxygen atoms in total. The zero-order valence-corrected chi connectivity index (χ0v) is 10.3. The van der Waals surface area contributed by atoms with Gasteiger partial charge in [0.2, 0.25) is 11.8 Å². The first kappa shape index (κ1) is 12.5. The minimum atomic E-state index is -0.208. The van der Waals surface area contributed by atoms with E-state index in [1.54, 1.807) is 0 Å². The number of nitrogens with one attached hydrogen (secondary N) is 1. The highest BCUT2D eigenvalue weighted by Crippen LogP contribution is 2.23. The Morgan fingerprint density at radius 3 is 2.33 bits per heavy atom. The SMILES string of the molecule is NC(=O)C1CCC(NC(=O)CCBr)CC1. The van der Waals surface area contributed by atoms with Crippen LogP contribution in [0.15, 0.2) is 0 Å². The van der Waals surface area contributed by atoms with Crippen molar-refractivity contribution in [3.05, 3.63) is 0 Å². The van der Waals surface area contributed by atoms with Gasteiger partial charge in [-0.25, -0.2) is 0 Å². The first-order valence-corrected chi connectivity index (χ1v) is 6.40. The third-order valence-electron chi connectivity index (χ3n) is 2.82. The normalized spacial score (nSPS) is 25.9. The van der Waals surface area contributed by atoms with Gasteiger partial charge in [0.25, 0.3) is 0 Å². The molecule has 0 bridgehead atoms. The Morgan fingerprint density at radius 2 is 1.87 bits per heavy atom. The third kappa shape index (κ3) is 4.20. The lowest BCUT2D eigenvalue weighted by Crippen LogP contribution is -2.39. The summed E-state index contributed by atoms with van der Waals surface area (Å²) in [5.41, 5.74) is 5.23. The first-order chi connectivity index (χ1) is 7.13. The summed E-state index contributed by atoms with van der Waals surface area (Å²) in [4.78, 5) is 22.2. The highest BCUT2D eigenvalue weighted by atomic mass is 79.9. The molecule has 5 heteroatoms. The average molecular weight is 277 g/mol. The van der Waals surface area contributed by atoms with E-state index in [1.807, 2.05) is 0 Å². The smallest absolute Gasteiger partial charge is 0.221 e. The zero-order chi connectivity index (χ0) is 11.3. The van der Waals surface area contributed by atoms with Crippen LogP contribution in [0.25, 0.3) is 0 Å². The molecule has 0 unspecified atom stereocenters. The molecule has 1 fully saturated rings. The second kappa shape index (κ2) is 6.10. The number of hydrogen-bond acceptors (Lipinski definition) is 2. The summed E-state index contributed by atoms with van der Waals surface area (Å²) in [5, 5.41) is 3.65. The van der Waals surface area contributed by atoms with Gasteiger partial charge >= 0.3 is 0 Å². The topological polar surface area (TPSA) is 72.2 Å². The number of halogens is 1. The molecule has 0 heterocycles. The van der Waals surface area contributed by atoms with Gasteiger partial charge in [-0.2, -0.15) is 0 Å². The maximum atomic E-state index is 11.3. The fourth-order valence-electron chi connectivity index (χ4n) is 1.91. The first-order valence-electron chi connectivity index (χ1n) is 5.28. The van der Waals surface area contributed by atoms with Gasteiger partial charge in [0, 0.05) is 23.7 Å². The van der Waals surface area contributed by atoms with Crippen molar-refractivity contribution < 1.29 is 9.59 Å². The van der Waals surface area contributed by atoms with Crippen LogP contribution in [0.4, 0.5) is 0 Å². The Kier molecular flexibility index (Phi) is 5.08. The Bertz CT molecular complexity index is 238. The molecule has 1 aliphatic carbocycles. The summed E-state index contributed by atoms with van der Waals surface area (Å²) in [7, 11) is 0. The van der Waals surface area contributed by atoms with Gasteiger partial charge in [0.15, 0.2) is 0 Å². The summed E-state index contributed by atoms with van der Waals surface area (Å²) in [5.74, 6) is -0.121. The lowest BCUT2D eigenvalue weighted by Gasteiger charge is -2.27. The monoisotopic (exact) mass is 276 g/mol. The maximum Gasteiger partial charge on any atom is 0.221 e. The Balaban J connectivity index is 2.25. The molecule has 0 saturated heterocycles. The predicted molar refractivity (Wildman–Crippen MR) is 61.5 cm³/mol. The maximum absolute atomic E-state index is 11.3. The largest absolute Gasteiger partial charge is 0.369 e. The fraction of sp³-hybridized carbons (Fsp3) is 0.800. The van der Waals surface area contributed by atoms with Crippen molar-refractivity contribution >= 4 is 27.7 Å². The number of carbonyl (C=O) groups is 2. The van der Waals surface area contributed by atoms with Crippen molar-refractivity contribution in [2.24, 2.45) is 11.7 Å². The Hall–Kier alpha value is -0.580. The molecule has 0 atom stereocenters. The van der Waals surface area contributed by atoms with Crippen LogP contribution in [-0.4, -0.2) is 23.2 Å². The molecule has 0 aromatic heterocycles. The number of hydrogen-bond donors (Lipinski definition) is 2. The summed E-state index contributed by atoms with van der Waals surface area (Å²) in [6.45, 7) is 0. The van der Waals surface area contributed by atoms with E-state index >= 15 is 0 Å².